The molecular weight excluding hydrogens is 374 g/mol. The molecule has 20 heavy (non-hydrogen) atoms. The Morgan fingerprint density at radius 2 is 2.10 bits per heavy atom. The molecule has 5 heteroatoms. The lowest BCUT2D eigenvalue weighted by Gasteiger charge is -2.13. The van der Waals surface area contributed by atoms with Crippen LogP contribution in [0, 0.1) is 9.39 Å². The number of aldehydes is 1. The van der Waals surface area contributed by atoms with E-state index in [1.165, 1.54) is 19.2 Å². The summed E-state index contributed by atoms with van der Waals surface area (Å²) in [5.41, 5.74) is 1.24. The Hall–Kier alpha value is -1.63. The van der Waals surface area contributed by atoms with E-state index < -0.39 is 0 Å². The molecule has 104 valence electrons. The summed E-state index contributed by atoms with van der Waals surface area (Å²) in [6.07, 6.45) is 0.751. The summed E-state index contributed by atoms with van der Waals surface area (Å²) in [7, 11) is 1.51. The maximum Gasteiger partial charge on any atom is 0.174 e. The van der Waals surface area contributed by atoms with E-state index in [1.54, 1.807) is 24.3 Å². The minimum atomic E-state index is -0.302. The summed E-state index contributed by atoms with van der Waals surface area (Å²) in [5, 5.41) is 0. The molecule has 2 aromatic rings. The fourth-order valence-electron chi connectivity index (χ4n) is 1.73. The van der Waals surface area contributed by atoms with Gasteiger partial charge >= 0.3 is 0 Å². The van der Waals surface area contributed by atoms with Gasteiger partial charge in [0.1, 0.15) is 18.7 Å². The monoisotopic (exact) mass is 386 g/mol. The van der Waals surface area contributed by atoms with Crippen LogP contribution in [0.3, 0.4) is 0 Å². The van der Waals surface area contributed by atoms with Gasteiger partial charge in [-0.25, -0.2) is 4.39 Å². The first kappa shape index (κ1) is 14.8. The highest BCUT2D eigenvalue weighted by Crippen LogP contribution is 2.34. The molecule has 0 saturated heterocycles. The van der Waals surface area contributed by atoms with Gasteiger partial charge in [0.05, 0.1) is 10.7 Å². The number of ether oxygens (including phenoxy) is 2. The summed E-state index contributed by atoms with van der Waals surface area (Å²) >= 11 is 2.07. The second kappa shape index (κ2) is 6.69. The molecule has 0 heterocycles. The van der Waals surface area contributed by atoms with Crippen LogP contribution in [0.15, 0.2) is 36.4 Å². The van der Waals surface area contributed by atoms with Gasteiger partial charge in [0.25, 0.3) is 0 Å². The number of benzene rings is 2. The highest BCUT2D eigenvalue weighted by molar-refractivity contribution is 14.1. The van der Waals surface area contributed by atoms with Crippen LogP contribution in [-0.4, -0.2) is 13.4 Å². The third-order valence-corrected chi connectivity index (χ3v) is 3.46. The van der Waals surface area contributed by atoms with Crippen molar-refractivity contribution in [2.24, 2.45) is 0 Å². The highest BCUT2D eigenvalue weighted by atomic mass is 127. The lowest BCUT2D eigenvalue weighted by molar-refractivity contribution is 0.112. The molecular formula is C15H12FIO3. The van der Waals surface area contributed by atoms with E-state index >= 15 is 0 Å². The summed E-state index contributed by atoms with van der Waals surface area (Å²) in [6.45, 7) is 0.227. The Labute approximate surface area is 129 Å². The van der Waals surface area contributed by atoms with Crippen molar-refractivity contribution in [2.75, 3.05) is 7.11 Å². The number of halogens is 2. The summed E-state index contributed by atoms with van der Waals surface area (Å²) < 4.78 is 24.8. The summed E-state index contributed by atoms with van der Waals surface area (Å²) in [5.74, 6) is 0.724. The Bertz CT molecular complexity index is 629. The van der Waals surface area contributed by atoms with E-state index in [2.05, 4.69) is 22.6 Å². The normalized spacial score (nSPS) is 10.2. The molecule has 0 radical (unpaired) electrons. The molecule has 0 aliphatic heterocycles. The maximum atomic E-state index is 13.1. The first-order valence-corrected chi connectivity index (χ1v) is 6.92. The van der Waals surface area contributed by atoms with Crippen molar-refractivity contribution < 1.29 is 18.7 Å². The quantitative estimate of drug-likeness (QED) is 0.579. The zero-order chi connectivity index (χ0) is 14.5. The minimum absolute atomic E-state index is 0.227. The first-order valence-electron chi connectivity index (χ1n) is 5.84. The fourth-order valence-corrected chi connectivity index (χ4v) is 2.51. The predicted molar refractivity (Wildman–Crippen MR) is 81.8 cm³/mol. The lowest BCUT2D eigenvalue weighted by Crippen LogP contribution is -2.01. The van der Waals surface area contributed by atoms with Crippen LogP contribution in [0.25, 0.3) is 0 Å². The SMILES string of the molecule is COc1cc(C=O)cc(I)c1OCc1cccc(F)c1. The van der Waals surface area contributed by atoms with Gasteiger partial charge in [0.2, 0.25) is 0 Å². The number of methoxy groups -OCH3 is 1. The molecule has 0 bridgehead atoms. The third-order valence-electron chi connectivity index (χ3n) is 2.66. The zero-order valence-electron chi connectivity index (χ0n) is 10.7. The Kier molecular flexibility index (Phi) is 4.94. The van der Waals surface area contributed by atoms with Gasteiger partial charge in [-0.15, -0.1) is 0 Å². The van der Waals surface area contributed by atoms with Crippen molar-refractivity contribution in [2.45, 2.75) is 6.61 Å². The standard InChI is InChI=1S/C15H12FIO3/c1-19-14-7-11(8-18)6-13(17)15(14)20-9-10-3-2-4-12(16)5-10/h2-8H,9H2,1H3. The van der Waals surface area contributed by atoms with Gasteiger partial charge in [-0.2, -0.15) is 0 Å². The van der Waals surface area contributed by atoms with Crippen molar-refractivity contribution in [1.29, 1.82) is 0 Å². The van der Waals surface area contributed by atoms with Crippen molar-refractivity contribution in [3.05, 3.63) is 56.9 Å². The average Bonchev–Trinajstić information content (AvgIpc) is 2.45. The fraction of sp³-hybridized carbons (Fsp3) is 0.133. The lowest BCUT2D eigenvalue weighted by atomic mass is 10.2. The van der Waals surface area contributed by atoms with Gasteiger partial charge in [0, 0.05) is 5.56 Å². The summed E-state index contributed by atoms with van der Waals surface area (Å²) in [4.78, 5) is 10.8. The molecule has 0 unspecified atom stereocenters. The molecule has 0 atom stereocenters. The van der Waals surface area contributed by atoms with Gasteiger partial charge in [-0.05, 0) is 52.4 Å². The first-order chi connectivity index (χ1) is 9.63. The Morgan fingerprint density at radius 1 is 1.30 bits per heavy atom. The zero-order valence-corrected chi connectivity index (χ0v) is 12.9. The molecule has 2 rings (SSSR count). The molecule has 2 aromatic carbocycles. The third kappa shape index (κ3) is 3.47. The molecule has 0 aromatic heterocycles. The second-order valence-corrected chi connectivity index (χ2v) is 5.23. The second-order valence-electron chi connectivity index (χ2n) is 4.07. The van der Waals surface area contributed by atoms with E-state index in [1.807, 2.05) is 0 Å². The van der Waals surface area contributed by atoms with Crippen molar-refractivity contribution in [3.8, 4) is 11.5 Å². The van der Waals surface area contributed by atoms with E-state index in [9.17, 15) is 9.18 Å². The molecule has 0 spiro atoms. The Balaban J connectivity index is 2.22. The van der Waals surface area contributed by atoms with E-state index in [0.717, 1.165) is 15.4 Å². The predicted octanol–water partition coefficient (Wildman–Crippen LogP) is 3.83. The minimum Gasteiger partial charge on any atom is -0.493 e. The molecule has 0 amide bonds. The van der Waals surface area contributed by atoms with Crippen molar-refractivity contribution in [1.82, 2.24) is 0 Å². The maximum absolute atomic E-state index is 13.1. The molecule has 3 nitrogen and oxygen atoms in total. The summed E-state index contributed by atoms with van der Waals surface area (Å²) in [6, 6.07) is 9.52. The van der Waals surface area contributed by atoms with Gasteiger partial charge in [-0.1, -0.05) is 12.1 Å². The van der Waals surface area contributed by atoms with Crippen LogP contribution in [0.1, 0.15) is 15.9 Å². The molecule has 0 aliphatic rings. The largest absolute Gasteiger partial charge is 0.493 e. The highest BCUT2D eigenvalue weighted by Gasteiger charge is 2.11. The van der Waals surface area contributed by atoms with Crippen LogP contribution < -0.4 is 9.47 Å². The van der Waals surface area contributed by atoms with Crippen molar-refractivity contribution in [3.63, 3.8) is 0 Å². The molecule has 0 fully saturated rings. The number of hydrogen-bond acceptors (Lipinski definition) is 3. The van der Waals surface area contributed by atoms with Crippen molar-refractivity contribution >= 4 is 28.9 Å². The number of hydrogen-bond donors (Lipinski definition) is 0. The molecule has 0 N–H and O–H groups in total. The number of carbonyl (C=O) groups is 1. The topological polar surface area (TPSA) is 35.5 Å². The molecule has 0 aliphatic carbocycles. The van der Waals surface area contributed by atoms with E-state index in [0.29, 0.717) is 17.1 Å². The molecule has 0 saturated carbocycles. The average molecular weight is 386 g/mol. The van der Waals surface area contributed by atoms with E-state index in [-0.39, 0.29) is 12.4 Å². The smallest absolute Gasteiger partial charge is 0.174 e. The Morgan fingerprint density at radius 3 is 2.75 bits per heavy atom. The number of carbonyl (C=O) groups excluding carboxylic acids is 1. The van der Waals surface area contributed by atoms with Crippen LogP contribution in [0.5, 0.6) is 11.5 Å². The van der Waals surface area contributed by atoms with Gasteiger partial charge in [0.15, 0.2) is 11.5 Å². The van der Waals surface area contributed by atoms with E-state index in [4.69, 9.17) is 9.47 Å². The van der Waals surface area contributed by atoms with Crippen LogP contribution in [0.4, 0.5) is 4.39 Å². The van der Waals surface area contributed by atoms with Gasteiger partial charge < -0.3 is 9.47 Å². The number of rotatable bonds is 5. The van der Waals surface area contributed by atoms with Crippen LogP contribution in [-0.2, 0) is 6.61 Å². The van der Waals surface area contributed by atoms with Crippen LogP contribution in [0.2, 0.25) is 0 Å². The van der Waals surface area contributed by atoms with Crippen LogP contribution >= 0.6 is 22.6 Å². The van der Waals surface area contributed by atoms with Gasteiger partial charge in [-0.3, -0.25) is 4.79 Å².